The second-order valence-corrected chi connectivity index (χ2v) is 6.19. The van der Waals surface area contributed by atoms with Gasteiger partial charge in [-0.05, 0) is 17.9 Å². The average Bonchev–Trinajstić information content (AvgIpc) is 2.25. The molecule has 0 bridgehead atoms. The molecule has 4 nitrogen and oxygen atoms in total. The molecule has 1 rings (SSSR count). The van der Waals surface area contributed by atoms with Gasteiger partial charge < -0.3 is 15.5 Å². The van der Waals surface area contributed by atoms with Gasteiger partial charge in [0.15, 0.2) is 0 Å². The highest BCUT2D eigenvalue weighted by atomic mass is 35.5. The maximum absolute atomic E-state index is 10.9. The van der Waals surface area contributed by atoms with E-state index in [1.807, 2.05) is 20.8 Å². The van der Waals surface area contributed by atoms with E-state index in [2.05, 4.69) is 5.32 Å². The van der Waals surface area contributed by atoms with Crippen LogP contribution in [0.25, 0.3) is 0 Å². The fourth-order valence-electron chi connectivity index (χ4n) is 1.99. The van der Waals surface area contributed by atoms with E-state index in [1.165, 1.54) is 0 Å². The van der Waals surface area contributed by atoms with E-state index < -0.39 is 18.2 Å². The summed E-state index contributed by atoms with van der Waals surface area (Å²) in [4.78, 5) is 10.9. The van der Waals surface area contributed by atoms with Gasteiger partial charge in [-0.1, -0.05) is 50.6 Å². The second kappa shape index (κ2) is 6.26. The highest BCUT2D eigenvalue weighted by molar-refractivity contribution is 6.31. The number of halogens is 1. The number of hydrogen-bond acceptors (Lipinski definition) is 2. The number of aliphatic hydroxyl groups excluding tert-OH is 1. The van der Waals surface area contributed by atoms with Crippen molar-refractivity contribution in [2.24, 2.45) is 5.41 Å². The lowest BCUT2D eigenvalue weighted by Gasteiger charge is -2.30. The van der Waals surface area contributed by atoms with Crippen LogP contribution < -0.4 is 5.32 Å². The lowest BCUT2D eigenvalue weighted by molar-refractivity contribution is 0.0992. The molecule has 3 N–H and O–H groups in total. The van der Waals surface area contributed by atoms with Gasteiger partial charge in [0.2, 0.25) is 0 Å². The Labute approximate surface area is 118 Å². The molecule has 0 unspecified atom stereocenters. The topological polar surface area (TPSA) is 69.6 Å². The van der Waals surface area contributed by atoms with Crippen LogP contribution in [-0.4, -0.2) is 22.3 Å². The zero-order valence-electron chi connectivity index (χ0n) is 11.4. The summed E-state index contributed by atoms with van der Waals surface area (Å²) in [6.45, 7) is 5.97. The lowest BCUT2D eigenvalue weighted by Crippen LogP contribution is -2.41. The summed E-state index contributed by atoms with van der Waals surface area (Å²) >= 11 is 6.04. The van der Waals surface area contributed by atoms with Crippen LogP contribution in [0.1, 0.15) is 38.9 Å². The second-order valence-electron chi connectivity index (χ2n) is 5.79. The van der Waals surface area contributed by atoms with Gasteiger partial charge in [-0.3, -0.25) is 0 Å². The minimum Gasteiger partial charge on any atom is -0.465 e. The monoisotopic (exact) mass is 285 g/mol. The number of amides is 1. The minimum absolute atomic E-state index is 0.116. The summed E-state index contributed by atoms with van der Waals surface area (Å²) in [5.41, 5.74) is 0.419. The summed E-state index contributed by atoms with van der Waals surface area (Å²) in [6, 6.07) is 6.31. The van der Waals surface area contributed by atoms with Gasteiger partial charge in [-0.2, -0.15) is 0 Å². The van der Waals surface area contributed by atoms with E-state index in [9.17, 15) is 9.90 Å². The Hall–Kier alpha value is -1.26. The van der Waals surface area contributed by atoms with Crippen LogP contribution in [0.3, 0.4) is 0 Å². The zero-order chi connectivity index (χ0) is 14.6. The predicted molar refractivity (Wildman–Crippen MR) is 75.4 cm³/mol. The number of aliphatic hydroxyl groups is 1. The molecule has 0 aliphatic heterocycles. The molecule has 106 valence electrons. The fourth-order valence-corrected chi connectivity index (χ4v) is 2.24. The maximum atomic E-state index is 10.9. The van der Waals surface area contributed by atoms with Crippen molar-refractivity contribution in [3.8, 4) is 0 Å². The van der Waals surface area contributed by atoms with E-state index in [1.54, 1.807) is 24.3 Å². The largest absolute Gasteiger partial charge is 0.465 e. The molecular weight excluding hydrogens is 266 g/mol. The predicted octanol–water partition coefficient (Wildman–Crippen LogP) is 3.45. The maximum Gasteiger partial charge on any atom is 0.404 e. The van der Waals surface area contributed by atoms with Crippen LogP contribution in [-0.2, 0) is 0 Å². The normalized spacial score (nSPS) is 14.8. The fraction of sp³-hybridized carbons (Fsp3) is 0.500. The molecule has 1 amide bonds. The molecule has 0 aliphatic carbocycles. The highest BCUT2D eigenvalue weighted by Gasteiger charge is 2.28. The van der Waals surface area contributed by atoms with E-state index in [0.717, 1.165) is 0 Å². The standard InChI is InChI=1S/C14H20ClNO3/c1-14(2,3)8-11(16-13(18)19)12(17)9-6-4-5-7-10(9)15/h4-7,11-12,16-17H,8H2,1-3H3,(H,18,19)/t11-,12-/m0/s1. The Kier molecular flexibility index (Phi) is 5.20. The summed E-state index contributed by atoms with van der Waals surface area (Å²) in [5, 5.41) is 22.1. The quantitative estimate of drug-likeness (QED) is 0.793. The van der Waals surface area contributed by atoms with Crippen molar-refractivity contribution in [2.75, 3.05) is 0 Å². The molecule has 19 heavy (non-hydrogen) atoms. The molecule has 5 heteroatoms. The molecule has 0 heterocycles. The van der Waals surface area contributed by atoms with Gasteiger partial charge in [0.25, 0.3) is 0 Å². The summed E-state index contributed by atoms with van der Waals surface area (Å²) in [5.74, 6) is 0. The van der Waals surface area contributed by atoms with Crippen molar-refractivity contribution in [1.82, 2.24) is 5.32 Å². The molecule has 1 aromatic carbocycles. The molecule has 0 saturated heterocycles. The first-order valence-corrected chi connectivity index (χ1v) is 6.50. The molecular formula is C14H20ClNO3. The molecule has 0 aromatic heterocycles. The molecule has 0 saturated carbocycles. The average molecular weight is 286 g/mol. The summed E-state index contributed by atoms with van der Waals surface area (Å²) in [6.07, 6.45) is -1.62. The van der Waals surface area contributed by atoms with Crippen LogP contribution in [0.4, 0.5) is 4.79 Å². The van der Waals surface area contributed by atoms with Crippen LogP contribution in [0.15, 0.2) is 24.3 Å². The Balaban J connectivity index is 2.97. The first-order valence-electron chi connectivity index (χ1n) is 6.12. The smallest absolute Gasteiger partial charge is 0.404 e. The first-order chi connectivity index (χ1) is 8.70. The van der Waals surface area contributed by atoms with E-state index in [-0.39, 0.29) is 5.41 Å². The lowest BCUT2D eigenvalue weighted by atomic mass is 9.84. The number of benzene rings is 1. The third kappa shape index (κ3) is 5.09. The van der Waals surface area contributed by atoms with Gasteiger partial charge in [-0.25, -0.2) is 4.79 Å². The van der Waals surface area contributed by atoms with Gasteiger partial charge in [-0.15, -0.1) is 0 Å². The number of carboxylic acid groups (broad SMARTS) is 1. The number of rotatable bonds is 4. The van der Waals surface area contributed by atoms with Gasteiger partial charge in [0.05, 0.1) is 6.04 Å². The van der Waals surface area contributed by atoms with Gasteiger partial charge in [0, 0.05) is 10.6 Å². The summed E-state index contributed by atoms with van der Waals surface area (Å²) in [7, 11) is 0. The third-order valence-corrected chi connectivity index (χ3v) is 3.09. The third-order valence-electron chi connectivity index (χ3n) is 2.75. The van der Waals surface area contributed by atoms with Gasteiger partial charge in [0.1, 0.15) is 6.10 Å². The SMILES string of the molecule is CC(C)(C)C[C@H](NC(=O)O)[C@@H](O)c1ccccc1Cl. The van der Waals surface area contributed by atoms with E-state index in [4.69, 9.17) is 16.7 Å². The molecule has 0 radical (unpaired) electrons. The minimum atomic E-state index is -1.15. The molecule has 1 aromatic rings. The van der Waals surface area contributed by atoms with Crippen molar-refractivity contribution in [3.05, 3.63) is 34.9 Å². The highest BCUT2D eigenvalue weighted by Crippen LogP contribution is 2.31. The first kappa shape index (κ1) is 15.8. The number of carbonyl (C=O) groups is 1. The Morgan fingerprint density at radius 3 is 2.42 bits per heavy atom. The van der Waals surface area contributed by atoms with Crippen LogP contribution in [0.2, 0.25) is 5.02 Å². The summed E-state index contributed by atoms with van der Waals surface area (Å²) < 4.78 is 0. The van der Waals surface area contributed by atoms with Crippen molar-refractivity contribution in [2.45, 2.75) is 39.3 Å². The molecule has 2 atom stereocenters. The number of hydrogen-bond donors (Lipinski definition) is 3. The van der Waals surface area contributed by atoms with Crippen LogP contribution in [0.5, 0.6) is 0 Å². The van der Waals surface area contributed by atoms with E-state index >= 15 is 0 Å². The Bertz CT molecular complexity index is 443. The van der Waals surface area contributed by atoms with E-state index in [0.29, 0.717) is 17.0 Å². The molecule has 0 aliphatic rings. The number of nitrogens with one attached hydrogen (secondary N) is 1. The Morgan fingerprint density at radius 2 is 1.95 bits per heavy atom. The van der Waals surface area contributed by atoms with Crippen LogP contribution >= 0.6 is 11.6 Å². The van der Waals surface area contributed by atoms with Crippen molar-refractivity contribution in [3.63, 3.8) is 0 Å². The Morgan fingerprint density at radius 1 is 1.37 bits per heavy atom. The van der Waals surface area contributed by atoms with Crippen LogP contribution in [0, 0.1) is 5.41 Å². The molecule has 0 fully saturated rings. The zero-order valence-corrected chi connectivity index (χ0v) is 12.1. The molecule has 0 spiro atoms. The van der Waals surface area contributed by atoms with Crippen molar-refractivity contribution >= 4 is 17.7 Å². The van der Waals surface area contributed by atoms with Crippen molar-refractivity contribution < 1.29 is 15.0 Å². The van der Waals surface area contributed by atoms with Gasteiger partial charge >= 0.3 is 6.09 Å². The van der Waals surface area contributed by atoms with Crippen molar-refractivity contribution in [1.29, 1.82) is 0 Å².